The van der Waals surface area contributed by atoms with Crippen LogP contribution in [0.2, 0.25) is 0 Å². The average molecular weight is 325 g/mol. The van der Waals surface area contributed by atoms with Gasteiger partial charge in [0.05, 0.1) is 0 Å². The third-order valence-electron chi connectivity index (χ3n) is 2.41. The molecule has 0 atom stereocenters. The first-order chi connectivity index (χ1) is 9.65. The molecule has 0 amide bonds. The van der Waals surface area contributed by atoms with Crippen molar-refractivity contribution in [3.63, 3.8) is 0 Å². The molecule has 0 aliphatic rings. The number of aryl methyl sites for hydroxylation is 2. The summed E-state index contributed by atoms with van der Waals surface area (Å²) in [6, 6.07) is 7.90. The molecule has 0 fully saturated rings. The molecule has 0 bridgehead atoms. The molecule has 2 aromatic heterocycles. The first kappa shape index (κ1) is 19.4. The van der Waals surface area contributed by atoms with E-state index < -0.39 is 0 Å². The van der Waals surface area contributed by atoms with E-state index >= 15 is 0 Å². The van der Waals surface area contributed by atoms with E-state index in [1.807, 2.05) is 52.0 Å². The fourth-order valence-corrected chi connectivity index (χ4v) is 1.48. The number of hydrogen-bond donors (Lipinski definition) is 0. The summed E-state index contributed by atoms with van der Waals surface area (Å²) in [5, 5.41) is 0. The zero-order chi connectivity index (χ0) is 14.8. The SMILES string of the molecule is CCN=Cc1ccc(C)[n-]1.CCN=Cc1ccc(C)[n-]1.[Mn+2]. The molecule has 0 saturated heterocycles. The van der Waals surface area contributed by atoms with Crippen LogP contribution in [0.5, 0.6) is 0 Å². The number of aliphatic imine (C=N–C) groups is 2. The van der Waals surface area contributed by atoms with Crippen LogP contribution in [0.1, 0.15) is 36.6 Å². The van der Waals surface area contributed by atoms with E-state index in [0.717, 1.165) is 35.9 Å². The molecular weight excluding hydrogens is 303 g/mol. The van der Waals surface area contributed by atoms with Gasteiger partial charge in [-0.15, -0.1) is 11.4 Å². The Bertz CT molecular complexity index is 502. The van der Waals surface area contributed by atoms with Crippen LogP contribution >= 0.6 is 0 Å². The molecule has 21 heavy (non-hydrogen) atoms. The van der Waals surface area contributed by atoms with Crippen molar-refractivity contribution in [1.29, 1.82) is 0 Å². The van der Waals surface area contributed by atoms with Crippen molar-refractivity contribution in [2.24, 2.45) is 9.98 Å². The van der Waals surface area contributed by atoms with Gasteiger partial charge in [-0.25, -0.2) is 0 Å². The standard InChI is InChI=1S/2C8H11N2.Mn/c2*1-3-9-6-8-5-4-7(2)10-8;/h2*4-6H,3H2,1-2H3;/q2*-1;+2. The first-order valence-electron chi connectivity index (χ1n) is 6.86. The van der Waals surface area contributed by atoms with Crippen molar-refractivity contribution in [3.8, 4) is 0 Å². The summed E-state index contributed by atoms with van der Waals surface area (Å²) in [6.07, 6.45) is 3.60. The molecule has 0 aliphatic heterocycles. The van der Waals surface area contributed by atoms with Crippen LogP contribution in [-0.4, -0.2) is 25.5 Å². The van der Waals surface area contributed by atoms with Gasteiger partial charge in [0, 0.05) is 25.5 Å². The molecule has 113 valence electrons. The topological polar surface area (TPSA) is 52.9 Å². The van der Waals surface area contributed by atoms with E-state index in [2.05, 4.69) is 20.0 Å². The van der Waals surface area contributed by atoms with Crippen LogP contribution in [0, 0.1) is 13.8 Å². The maximum Gasteiger partial charge on any atom is 2.00 e. The molecule has 1 radical (unpaired) electrons. The zero-order valence-electron chi connectivity index (χ0n) is 13.0. The smallest absolute Gasteiger partial charge is 0.660 e. The second kappa shape index (κ2) is 11.1. The summed E-state index contributed by atoms with van der Waals surface area (Å²) in [5.74, 6) is 0. The van der Waals surface area contributed by atoms with Crippen molar-refractivity contribution in [1.82, 2.24) is 9.97 Å². The van der Waals surface area contributed by atoms with Gasteiger partial charge >= 0.3 is 17.1 Å². The van der Waals surface area contributed by atoms with Crippen molar-refractivity contribution >= 4 is 12.4 Å². The van der Waals surface area contributed by atoms with Crippen LogP contribution in [-0.2, 0) is 17.1 Å². The Morgan fingerprint density at radius 2 is 1.19 bits per heavy atom. The molecule has 2 aromatic rings. The summed E-state index contributed by atoms with van der Waals surface area (Å²) in [6.45, 7) is 9.61. The van der Waals surface area contributed by atoms with Crippen LogP contribution in [0.4, 0.5) is 0 Å². The van der Waals surface area contributed by atoms with Crippen LogP contribution in [0.25, 0.3) is 0 Å². The molecule has 0 N–H and O–H groups in total. The summed E-state index contributed by atoms with van der Waals surface area (Å²) in [4.78, 5) is 16.5. The fourth-order valence-electron chi connectivity index (χ4n) is 1.48. The van der Waals surface area contributed by atoms with Crippen molar-refractivity contribution < 1.29 is 17.1 Å². The predicted octanol–water partition coefficient (Wildman–Crippen LogP) is 2.78. The van der Waals surface area contributed by atoms with E-state index in [0.29, 0.717) is 0 Å². The summed E-state index contributed by atoms with van der Waals surface area (Å²) >= 11 is 0. The Balaban J connectivity index is 0.000000364. The van der Waals surface area contributed by atoms with Gasteiger partial charge in [0.15, 0.2) is 0 Å². The monoisotopic (exact) mass is 325 g/mol. The summed E-state index contributed by atoms with van der Waals surface area (Å²) in [7, 11) is 0. The van der Waals surface area contributed by atoms with Crippen LogP contribution < -0.4 is 9.97 Å². The Labute approximate surface area is 137 Å². The zero-order valence-corrected chi connectivity index (χ0v) is 14.2. The minimum atomic E-state index is 0. The van der Waals surface area contributed by atoms with E-state index in [-0.39, 0.29) is 17.1 Å². The second-order valence-corrected chi connectivity index (χ2v) is 4.28. The maximum absolute atomic E-state index is 4.20. The minimum Gasteiger partial charge on any atom is -0.660 e. The number of nitrogens with zero attached hydrogens (tertiary/aromatic N) is 4. The van der Waals surface area contributed by atoms with Gasteiger partial charge < -0.3 is 9.97 Å². The molecule has 2 rings (SSSR count). The van der Waals surface area contributed by atoms with E-state index in [4.69, 9.17) is 0 Å². The van der Waals surface area contributed by atoms with E-state index in [1.165, 1.54) is 0 Å². The molecule has 0 unspecified atom stereocenters. The molecule has 5 heteroatoms. The van der Waals surface area contributed by atoms with E-state index in [9.17, 15) is 0 Å². The third-order valence-corrected chi connectivity index (χ3v) is 2.41. The molecule has 0 aromatic carbocycles. The second-order valence-electron chi connectivity index (χ2n) is 4.28. The number of rotatable bonds is 4. The van der Waals surface area contributed by atoms with Crippen LogP contribution in [0.15, 0.2) is 34.3 Å². The molecule has 0 saturated carbocycles. The summed E-state index contributed by atoms with van der Waals surface area (Å²) < 4.78 is 0. The Kier molecular flexibility index (Phi) is 10.3. The number of hydrogen-bond acceptors (Lipinski definition) is 2. The van der Waals surface area contributed by atoms with E-state index in [1.54, 1.807) is 12.4 Å². The summed E-state index contributed by atoms with van der Waals surface area (Å²) in [5.41, 5.74) is 4.02. The first-order valence-corrected chi connectivity index (χ1v) is 6.86. The molecule has 0 aliphatic carbocycles. The predicted molar refractivity (Wildman–Crippen MR) is 85.3 cm³/mol. The van der Waals surface area contributed by atoms with Gasteiger partial charge in [0.25, 0.3) is 0 Å². The normalized spacial score (nSPS) is 10.5. The van der Waals surface area contributed by atoms with Gasteiger partial charge in [0.2, 0.25) is 0 Å². The third kappa shape index (κ3) is 8.33. The largest absolute Gasteiger partial charge is 2.00 e. The number of aromatic nitrogens is 2. The average Bonchev–Trinajstić information content (AvgIpc) is 3.03. The van der Waals surface area contributed by atoms with Crippen molar-refractivity contribution in [2.45, 2.75) is 27.7 Å². The van der Waals surface area contributed by atoms with Crippen molar-refractivity contribution in [3.05, 3.63) is 47.0 Å². The minimum absolute atomic E-state index is 0. The van der Waals surface area contributed by atoms with Gasteiger partial charge in [-0.3, -0.25) is 9.98 Å². The quantitative estimate of drug-likeness (QED) is 0.641. The van der Waals surface area contributed by atoms with Crippen LogP contribution in [0.3, 0.4) is 0 Å². The molecule has 0 spiro atoms. The van der Waals surface area contributed by atoms with Gasteiger partial charge in [-0.05, 0) is 13.8 Å². The Hall–Kier alpha value is -1.58. The van der Waals surface area contributed by atoms with Gasteiger partial charge in [-0.1, -0.05) is 38.1 Å². The fraction of sp³-hybridized carbons (Fsp3) is 0.375. The molecular formula is C16H22MnN4. The Morgan fingerprint density at radius 3 is 1.43 bits per heavy atom. The van der Waals surface area contributed by atoms with Gasteiger partial charge in [0.1, 0.15) is 0 Å². The maximum atomic E-state index is 4.20. The van der Waals surface area contributed by atoms with Gasteiger partial charge in [-0.2, -0.15) is 11.4 Å². The Morgan fingerprint density at radius 1 is 0.810 bits per heavy atom. The van der Waals surface area contributed by atoms with Crippen molar-refractivity contribution in [2.75, 3.05) is 13.1 Å². The molecule has 2 heterocycles. The molecule has 4 nitrogen and oxygen atoms in total.